The lowest BCUT2D eigenvalue weighted by molar-refractivity contribution is -0.123. The highest BCUT2D eigenvalue weighted by Gasteiger charge is 2.21. The Bertz CT molecular complexity index is 972. The predicted octanol–water partition coefficient (Wildman–Crippen LogP) is 5.26. The van der Waals surface area contributed by atoms with Gasteiger partial charge >= 0.3 is 5.97 Å². The summed E-state index contributed by atoms with van der Waals surface area (Å²) in [5.41, 5.74) is 3.03. The van der Waals surface area contributed by atoms with Gasteiger partial charge in [0.05, 0.1) is 5.56 Å². The molecule has 1 N–H and O–H groups in total. The van der Waals surface area contributed by atoms with Gasteiger partial charge in [-0.15, -0.1) is 11.8 Å². The fourth-order valence-corrected chi connectivity index (χ4v) is 3.37. The third kappa shape index (κ3) is 4.61. The Morgan fingerprint density at radius 3 is 2.29 bits per heavy atom. The summed E-state index contributed by atoms with van der Waals surface area (Å²) < 4.78 is 5.39. The highest BCUT2D eigenvalue weighted by atomic mass is 32.2. The standard InChI is InChI=1S/C23H21NO3S/c1-16(27-23(26)19-13-7-9-15-21(19)28-2)22(25)24-20-14-8-6-12-18(20)17-10-4-3-5-11-17/h3-16H,1-2H3,(H,24,25)/t16-/m1/s1. The summed E-state index contributed by atoms with van der Waals surface area (Å²) in [4.78, 5) is 25.9. The molecule has 0 saturated carbocycles. The van der Waals surface area contributed by atoms with Gasteiger partial charge in [-0.3, -0.25) is 4.79 Å². The molecule has 3 aromatic rings. The minimum Gasteiger partial charge on any atom is -0.449 e. The number of esters is 1. The first-order valence-electron chi connectivity index (χ1n) is 8.89. The molecular formula is C23H21NO3S. The second-order valence-corrected chi connectivity index (χ2v) is 7.00. The van der Waals surface area contributed by atoms with E-state index in [9.17, 15) is 9.59 Å². The van der Waals surface area contributed by atoms with E-state index < -0.39 is 12.1 Å². The van der Waals surface area contributed by atoms with Crippen LogP contribution in [0.1, 0.15) is 17.3 Å². The van der Waals surface area contributed by atoms with E-state index in [1.807, 2.05) is 73.0 Å². The summed E-state index contributed by atoms with van der Waals surface area (Å²) >= 11 is 1.46. The molecule has 28 heavy (non-hydrogen) atoms. The highest BCUT2D eigenvalue weighted by molar-refractivity contribution is 7.98. The number of anilines is 1. The summed E-state index contributed by atoms with van der Waals surface area (Å²) in [6, 6.07) is 24.5. The molecule has 0 radical (unpaired) electrons. The van der Waals surface area contributed by atoms with E-state index >= 15 is 0 Å². The summed E-state index contributed by atoms with van der Waals surface area (Å²) in [6.45, 7) is 1.57. The molecule has 0 unspecified atom stereocenters. The predicted molar refractivity (Wildman–Crippen MR) is 114 cm³/mol. The Morgan fingerprint density at radius 2 is 1.54 bits per heavy atom. The van der Waals surface area contributed by atoms with Gasteiger partial charge in [0.2, 0.25) is 0 Å². The smallest absolute Gasteiger partial charge is 0.340 e. The molecule has 0 spiro atoms. The Balaban J connectivity index is 1.73. The zero-order valence-electron chi connectivity index (χ0n) is 15.7. The number of thioether (sulfide) groups is 1. The normalized spacial score (nSPS) is 11.5. The lowest BCUT2D eigenvalue weighted by Crippen LogP contribution is -2.30. The van der Waals surface area contributed by atoms with Crippen LogP contribution in [0.4, 0.5) is 5.69 Å². The second-order valence-electron chi connectivity index (χ2n) is 6.15. The number of amides is 1. The van der Waals surface area contributed by atoms with E-state index in [0.29, 0.717) is 11.3 Å². The molecule has 0 fully saturated rings. The van der Waals surface area contributed by atoms with E-state index in [1.165, 1.54) is 11.8 Å². The number of benzene rings is 3. The molecule has 0 aliphatic carbocycles. The van der Waals surface area contributed by atoms with Crippen molar-refractivity contribution in [1.29, 1.82) is 0 Å². The van der Waals surface area contributed by atoms with Gasteiger partial charge in [-0.2, -0.15) is 0 Å². The van der Waals surface area contributed by atoms with E-state index in [0.717, 1.165) is 16.0 Å². The number of carbonyl (C=O) groups is 2. The number of carbonyl (C=O) groups excluding carboxylic acids is 2. The fourth-order valence-electron chi connectivity index (χ4n) is 2.79. The average Bonchev–Trinajstić information content (AvgIpc) is 2.74. The number of hydrogen-bond donors (Lipinski definition) is 1. The van der Waals surface area contributed by atoms with Crippen LogP contribution in [0.3, 0.4) is 0 Å². The SMILES string of the molecule is CSc1ccccc1C(=O)O[C@H](C)C(=O)Nc1ccccc1-c1ccccc1. The molecule has 0 aromatic heterocycles. The first kappa shape index (κ1) is 19.7. The van der Waals surface area contributed by atoms with Crippen LogP contribution in [0.25, 0.3) is 11.1 Å². The Labute approximate surface area is 168 Å². The molecule has 1 atom stereocenters. The van der Waals surface area contributed by atoms with E-state index in [1.54, 1.807) is 19.1 Å². The van der Waals surface area contributed by atoms with Gasteiger partial charge in [0.1, 0.15) is 0 Å². The third-order valence-electron chi connectivity index (χ3n) is 4.25. The maximum Gasteiger partial charge on any atom is 0.340 e. The fraction of sp³-hybridized carbons (Fsp3) is 0.130. The van der Waals surface area contributed by atoms with Crippen LogP contribution >= 0.6 is 11.8 Å². The van der Waals surface area contributed by atoms with Crippen molar-refractivity contribution in [2.45, 2.75) is 17.9 Å². The van der Waals surface area contributed by atoms with Gasteiger partial charge in [0, 0.05) is 16.1 Å². The van der Waals surface area contributed by atoms with Crippen molar-refractivity contribution in [3.8, 4) is 11.1 Å². The van der Waals surface area contributed by atoms with Crippen molar-refractivity contribution < 1.29 is 14.3 Å². The van der Waals surface area contributed by atoms with Crippen molar-refractivity contribution in [2.24, 2.45) is 0 Å². The Hall–Kier alpha value is -3.05. The van der Waals surface area contributed by atoms with Crippen molar-refractivity contribution >= 4 is 29.3 Å². The van der Waals surface area contributed by atoms with Crippen LogP contribution in [-0.4, -0.2) is 24.2 Å². The number of ether oxygens (including phenoxy) is 1. The topological polar surface area (TPSA) is 55.4 Å². The summed E-state index contributed by atoms with van der Waals surface area (Å²) in [5, 5.41) is 2.87. The van der Waals surface area contributed by atoms with Crippen molar-refractivity contribution in [3.05, 3.63) is 84.4 Å². The molecule has 4 nitrogen and oxygen atoms in total. The lowest BCUT2D eigenvalue weighted by Gasteiger charge is -2.16. The first-order valence-corrected chi connectivity index (χ1v) is 10.1. The monoisotopic (exact) mass is 391 g/mol. The number of para-hydroxylation sites is 1. The molecule has 0 heterocycles. The van der Waals surface area contributed by atoms with Crippen molar-refractivity contribution in [1.82, 2.24) is 0 Å². The Kier molecular flexibility index (Phi) is 6.50. The molecule has 142 valence electrons. The maximum atomic E-state index is 12.6. The van der Waals surface area contributed by atoms with Crippen LogP contribution in [0.5, 0.6) is 0 Å². The van der Waals surface area contributed by atoms with E-state index in [2.05, 4.69) is 5.32 Å². The molecule has 5 heteroatoms. The zero-order valence-corrected chi connectivity index (χ0v) is 16.5. The average molecular weight is 391 g/mol. The highest BCUT2D eigenvalue weighted by Crippen LogP contribution is 2.28. The first-order chi connectivity index (χ1) is 13.6. The van der Waals surface area contributed by atoms with Gasteiger partial charge < -0.3 is 10.1 Å². The minimum atomic E-state index is -0.925. The number of hydrogen-bond acceptors (Lipinski definition) is 4. The number of rotatable bonds is 6. The molecule has 0 aliphatic rings. The Morgan fingerprint density at radius 1 is 0.893 bits per heavy atom. The van der Waals surface area contributed by atoms with E-state index in [-0.39, 0.29) is 5.91 Å². The quantitative estimate of drug-likeness (QED) is 0.460. The number of nitrogens with one attached hydrogen (secondary N) is 1. The lowest BCUT2D eigenvalue weighted by atomic mass is 10.0. The summed E-state index contributed by atoms with van der Waals surface area (Å²) in [5.74, 6) is -0.887. The minimum absolute atomic E-state index is 0.377. The van der Waals surface area contributed by atoms with Crippen LogP contribution in [0.2, 0.25) is 0 Å². The van der Waals surface area contributed by atoms with Gasteiger partial charge in [-0.05, 0) is 36.9 Å². The van der Waals surface area contributed by atoms with Gasteiger partial charge in [-0.1, -0.05) is 60.7 Å². The third-order valence-corrected chi connectivity index (χ3v) is 5.05. The second kappa shape index (κ2) is 9.24. The zero-order chi connectivity index (χ0) is 19.9. The van der Waals surface area contributed by atoms with Crippen molar-refractivity contribution in [3.63, 3.8) is 0 Å². The maximum absolute atomic E-state index is 12.6. The summed E-state index contributed by atoms with van der Waals surface area (Å²) in [7, 11) is 0. The van der Waals surface area contributed by atoms with Crippen LogP contribution < -0.4 is 5.32 Å². The molecule has 3 rings (SSSR count). The molecular weight excluding hydrogens is 370 g/mol. The van der Waals surface area contributed by atoms with Crippen LogP contribution in [0, 0.1) is 0 Å². The van der Waals surface area contributed by atoms with Crippen LogP contribution in [-0.2, 0) is 9.53 Å². The van der Waals surface area contributed by atoms with Gasteiger partial charge in [0.25, 0.3) is 5.91 Å². The molecule has 3 aromatic carbocycles. The molecule has 0 bridgehead atoms. The van der Waals surface area contributed by atoms with Crippen molar-refractivity contribution in [2.75, 3.05) is 11.6 Å². The molecule has 0 aliphatic heterocycles. The largest absolute Gasteiger partial charge is 0.449 e. The van der Waals surface area contributed by atoms with Gasteiger partial charge in [0.15, 0.2) is 6.10 Å². The van der Waals surface area contributed by atoms with E-state index in [4.69, 9.17) is 4.74 Å². The van der Waals surface area contributed by atoms with Crippen LogP contribution in [0.15, 0.2) is 83.8 Å². The molecule has 1 amide bonds. The molecule has 0 saturated heterocycles. The summed E-state index contributed by atoms with van der Waals surface area (Å²) in [6.07, 6.45) is 0.967. The van der Waals surface area contributed by atoms with Gasteiger partial charge in [-0.25, -0.2) is 4.79 Å².